The van der Waals surface area contributed by atoms with Gasteiger partial charge in [0.05, 0.1) is 0 Å². The molecular weight excluding hydrogens is 272 g/mol. The molecule has 1 unspecified atom stereocenters. The lowest BCUT2D eigenvalue weighted by atomic mass is 10.0. The number of anilines is 1. The Balaban J connectivity index is 1.52. The summed E-state index contributed by atoms with van der Waals surface area (Å²) in [6.07, 6.45) is 8.26. The molecule has 3 rings (SSSR count). The summed E-state index contributed by atoms with van der Waals surface area (Å²) in [4.78, 5) is 13.3. The quantitative estimate of drug-likeness (QED) is 0.849. The molecule has 0 radical (unpaired) electrons. The molecular formula is C18H24N4. The van der Waals surface area contributed by atoms with Gasteiger partial charge in [-0.25, -0.2) is 4.98 Å². The normalized spacial score (nSPS) is 18.5. The van der Waals surface area contributed by atoms with E-state index in [1.165, 1.54) is 30.6 Å². The van der Waals surface area contributed by atoms with Gasteiger partial charge in [0.1, 0.15) is 5.82 Å². The van der Waals surface area contributed by atoms with Crippen LogP contribution in [0.15, 0.2) is 42.9 Å². The molecule has 4 heteroatoms. The van der Waals surface area contributed by atoms with Gasteiger partial charge in [-0.3, -0.25) is 9.88 Å². The van der Waals surface area contributed by atoms with Gasteiger partial charge in [0.25, 0.3) is 0 Å². The van der Waals surface area contributed by atoms with Crippen LogP contribution < -0.4 is 4.90 Å². The Morgan fingerprint density at radius 1 is 1.18 bits per heavy atom. The van der Waals surface area contributed by atoms with Crippen molar-refractivity contribution in [1.82, 2.24) is 14.9 Å². The topological polar surface area (TPSA) is 32.3 Å². The van der Waals surface area contributed by atoms with Crippen LogP contribution in [0, 0.1) is 5.92 Å². The van der Waals surface area contributed by atoms with Crippen LogP contribution in [0.1, 0.15) is 17.5 Å². The molecule has 1 fully saturated rings. The summed E-state index contributed by atoms with van der Waals surface area (Å²) in [6, 6.07) is 8.49. The zero-order chi connectivity index (χ0) is 15.4. The monoisotopic (exact) mass is 296 g/mol. The first-order chi connectivity index (χ1) is 10.7. The molecule has 1 atom stereocenters. The number of hydrogen-bond donors (Lipinski definition) is 0. The smallest absolute Gasteiger partial charge is 0.127 e. The van der Waals surface area contributed by atoms with E-state index in [0.29, 0.717) is 0 Å². The van der Waals surface area contributed by atoms with Gasteiger partial charge >= 0.3 is 0 Å². The number of aromatic nitrogens is 2. The Morgan fingerprint density at radius 2 is 2.09 bits per heavy atom. The number of pyridine rings is 2. The van der Waals surface area contributed by atoms with Gasteiger partial charge in [-0.2, -0.15) is 0 Å². The summed E-state index contributed by atoms with van der Waals surface area (Å²) in [5.74, 6) is 1.76. The van der Waals surface area contributed by atoms with Crippen molar-refractivity contribution in [3.63, 3.8) is 0 Å². The molecule has 1 aliphatic heterocycles. The minimum absolute atomic E-state index is 0.748. The van der Waals surface area contributed by atoms with E-state index < -0.39 is 0 Å². The zero-order valence-electron chi connectivity index (χ0n) is 13.4. The zero-order valence-corrected chi connectivity index (χ0v) is 13.4. The number of rotatable bonds is 5. The van der Waals surface area contributed by atoms with Crippen LogP contribution in [0.25, 0.3) is 0 Å². The first-order valence-corrected chi connectivity index (χ1v) is 7.94. The second-order valence-electron chi connectivity index (χ2n) is 6.37. The van der Waals surface area contributed by atoms with Crippen LogP contribution in [-0.4, -0.2) is 42.1 Å². The molecule has 2 aromatic heterocycles. The summed E-state index contributed by atoms with van der Waals surface area (Å²) in [5.41, 5.74) is 2.65. The van der Waals surface area contributed by atoms with Gasteiger partial charge in [0.2, 0.25) is 0 Å². The first kappa shape index (κ1) is 15.0. The molecule has 0 N–H and O–H groups in total. The highest BCUT2D eigenvalue weighted by Gasteiger charge is 2.22. The molecule has 2 aromatic rings. The summed E-state index contributed by atoms with van der Waals surface area (Å²) in [6.45, 7) is 3.36. The fourth-order valence-corrected chi connectivity index (χ4v) is 3.11. The minimum Gasteiger partial charge on any atom is -0.363 e. The lowest BCUT2D eigenvalue weighted by Crippen LogP contribution is -2.21. The third-order valence-electron chi connectivity index (χ3n) is 4.29. The number of nitrogens with zero attached hydrogens (tertiary/aromatic N) is 4. The second kappa shape index (κ2) is 6.88. The molecule has 116 valence electrons. The Kier molecular flexibility index (Phi) is 4.68. The van der Waals surface area contributed by atoms with E-state index in [1.54, 1.807) is 0 Å². The Morgan fingerprint density at radius 3 is 2.77 bits per heavy atom. The molecule has 0 spiro atoms. The van der Waals surface area contributed by atoms with Crippen molar-refractivity contribution in [1.29, 1.82) is 0 Å². The molecule has 0 aromatic carbocycles. The Hall–Kier alpha value is -1.94. The van der Waals surface area contributed by atoms with Crippen LogP contribution in [0.5, 0.6) is 0 Å². The summed E-state index contributed by atoms with van der Waals surface area (Å²) < 4.78 is 0. The molecule has 0 aliphatic carbocycles. The molecule has 0 amide bonds. The van der Waals surface area contributed by atoms with Crippen LogP contribution in [0.4, 0.5) is 5.82 Å². The highest BCUT2D eigenvalue weighted by atomic mass is 15.1. The van der Waals surface area contributed by atoms with Crippen LogP contribution in [0.3, 0.4) is 0 Å². The van der Waals surface area contributed by atoms with Crippen molar-refractivity contribution < 1.29 is 0 Å². The van der Waals surface area contributed by atoms with Crippen molar-refractivity contribution in [2.24, 2.45) is 5.92 Å². The van der Waals surface area contributed by atoms with Crippen LogP contribution >= 0.6 is 0 Å². The van der Waals surface area contributed by atoms with E-state index in [1.807, 2.05) is 43.7 Å². The van der Waals surface area contributed by atoms with E-state index in [2.05, 4.69) is 33.1 Å². The first-order valence-electron chi connectivity index (χ1n) is 7.94. The lowest BCUT2D eigenvalue weighted by Gasteiger charge is -2.17. The molecule has 0 bridgehead atoms. The van der Waals surface area contributed by atoms with E-state index in [4.69, 9.17) is 0 Å². The maximum Gasteiger partial charge on any atom is 0.127 e. The van der Waals surface area contributed by atoms with Gasteiger partial charge in [-0.15, -0.1) is 0 Å². The summed E-state index contributed by atoms with van der Waals surface area (Å²) in [5, 5.41) is 0. The molecule has 3 heterocycles. The predicted molar refractivity (Wildman–Crippen MR) is 89.9 cm³/mol. The molecule has 4 nitrogen and oxygen atoms in total. The lowest BCUT2D eigenvalue weighted by molar-refractivity contribution is 0.316. The van der Waals surface area contributed by atoms with Gasteiger partial charge in [-0.1, -0.05) is 12.1 Å². The third-order valence-corrected chi connectivity index (χ3v) is 4.29. The second-order valence-corrected chi connectivity index (χ2v) is 6.37. The van der Waals surface area contributed by atoms with Crippen molar-refractivity contribution >= 4 is 5.82 Å². The SMILES string of the molecule is CN(C)c1ccc(CN2CCC(Cc3cccnc3)C2)cn1. The summed E-state index contributed by atoms with van der Waals surface area (Å²) >= 11 is 0. The van der Waals surface area contributed by atoms with Crippen molar-refractivity contribution in [3.05, 3.63) is 54.0 Å². The van der Waals surface area contributed by atoms with E-state index in [-0.39, 0.29) is 0 Å². The minimum atomic E-state index is 0.748. The summed E-state index contributed by atoms with van der Waals surface area (Å²) in [7, 11) is 4.04. The van der Waals surface area contributed by atoms with Crippen molar-refractivity contribution in [2.75, 3.05) is 32.1 Å². The molecule has 1 aliphatic rings. The maximum atomic E-state index is 4.50. The largest absolute Gasteiger partial charge is 0.363 e. The van der Waals surface area contributed by atoms with Gasteiger partial charge in [0, 0.05) is 45.8 Å². The predicted octanol–water partition coefficient (Wildman–Crippen LogP) is 2.61. The van der Waals surface area contributed by atoms with E-state index in [9.17, 15) is 0 Å². The van der Waals surface area contributed by atoms with Crippen molar-refractivity contribution in [3.8, 4) is 0 Å². The highest BCUT2D eigenvalue weighted by molar-refractivity contribution is 5.37. The Bertz CT molecular complexity index is 580. The van der Waals surface area contributed by atoms with E-state index >= 15 is 0 Å². The number of likely N-dealkylation sites (tertiary alicyclic amines) is 1. The number of hydrogen-bond acceptors (Lipinski definition) is 4. The van der Waals surface area contributed by atoms with Gasteiger partial charge < -0.3 is 4.90 Å². The fourth-order valence-electron chi connectivity index (χ4n) is 3.11. The average Bonchev–Trinajstić information content (AvgIpc) is 2.96. The Labute approximate surface area is 132 Å². The standard InChI is InChI=1S/C18H24N4/c1-21(2)18-6-5-17(12-20-18)14-22-9-7-16(13-22)10-15-4-3-8-19-11-15/h3-6,8,11-12,16H,7,9-10,13-14H2,1-2H3. The highest BCUT2D eigenvalue weighted by Crippen LogP contribution is 2.22. The molecule has 0 saturated carbocycles. The van der Waals surface area contributed by atoms with E-state index in [0.717, 1.165) is 24.7 Å². The maximum absolute atomic E-state index is 4.50. The van der Waals surface area contributed by atoms with Gasteiger partial charge in [0.15, 0.2) is 0 Å². The van der Waals surface area contributed by atoms with Gasteiger partial charge in [-0.05, 0) is 48.6 Å². The van der Waals surface area contributed by atoms with Crippen LogP contribution in [0.2, 0.25) is 0 Å². The average molecular weight is 296 g/mol. The van der Waals surface area contributed by atoms with Crippen LogP contribution in [-0.2, 0) is 13.0 Å². The molecule has 1 saturated heterocycles. The molecule has 22 heavy (non-hydrogen) atoms. The fraction of sp³-hybridized carbons (Fsp3) is 0.444. The van der Waals surface area contributed by atoms with Crippen molar-refractivity contribution in [2.45, 2.75) is 19.4 Å². The third kappa shape index (κ3) is 3.83.